The minimum Gasteiger partial charge on any atom is -0.309 e. The van der Waals surface area contributed by atoms with E-state index in [4.69, 9.17) is 0 Å². The molecule has 0 amide bonds. The molecule has 4 heterocycles. The van der Waals surface area contributed by atoms with Gasteiger partial charge in [-0.15, -0.1) is 0 Å². The number of para-hydroxylation sites is 4. The van der Waals surface area contributed by atoms with Crippen molar-refractivity contribution in [1.29, 1.82) is 0 Å². The molecule has 6 heteroatoms. The van der Waals surface area contributed by atoms with E-state index in [-0.39, 0.29) is 11.1 Å². The van der Waals surface area contributed by atoms with E-state index in [1.807, 2.05) is 95.4 Å². The van der Waals surface area contributed by atoms with Crippen LogP contribution in [-0.2, 0) is 0 Å². The first kappa shape index (κ1) is 26.5. The summed E-state index contributed by atoms with van der Waals surface area (Å²) in [6.07, 6.45) is 0. The molecular formula is C42H26N4O2. The van der Waals surface area contributed by atoms with E-state index < -0.39 is 0 Å². The number of hydrogen-bond acceptors (Lipinski definition) is 2. The van der Waals surface area contributed by atoms with Crippen LogP contribution in [-0.4, -0.2) is 18.1 Å². The van der Waals surface area contributed by atoms with Crippen molar-refractivity contribution in [1.82, 2.24) is 18.1 Å². The lowest BCUT2D eigenvalue weighted by Gasteiger charge is -2.18. The molecule has 48 heavy (non-hydrogen) atoms. The first-order valence-electron chi connectivity index (χ1n) is 16.0. The van der Waals surface area contributed by atoms with E-state index >= 15 is 0 Å². The van der Waals surface area contributed by atoms with Gasteiger partial charge in [0.2, 0.25) is 0 Å². The van der Waals surface area contributed by atoms with Gasteiger partial charge in [-0.25, -0.2) is 0 Å². The summed E-state index contributed by atoms with van der Waals surface area (Å²) in [6.45, 7) is 0. The van der Waals surface area contributed by atoms with Crippen LogP contribution < -0.4 is 11.1 Å². The number of nitrogens with zero attached hydrogens (tertiary/aromatic N) is 4. The highest BCUT2D eigenvalue weighted by molar-refractivity contribution is 6.11. The monoisotopic (exact) mass is 618 g/mol. The summed E-state index contributed by atoms with van der Waals surface area (Å²) in [6, 6.07) is 52.3. The number of rotatable bonds is 4. The minimum atomic E-state index is -0.167. The van der Waals surface area contributed by atoms with Gasteiger partial charge in [-0.3, -0.25) is 23.1 Å². The SMILES string of the molecule is O=c1c2cc(-c3ccc4c(c3)c3ccccc3n4-c3ccccc3)cc3c(=O)n(-c4ccccc4)c4ccc(n1-c1ccccc1)n4c23. The molecule has 0 fully saturated rings. The Morgan fingerprint density at radius 1 is 0.354 bits per heavy atom. The van der Waals surface area contributed by atoms with E-state index in [0.717, 1.165) is 50.0 Å². The van der Waals surface area contributed by atoms with Crippen molar-refractivity contribution >= 4 is 49.4 Å². The maximum Gasteiger partial charge on any atom is 0.266 e. The van der Waals surface area contributed by atoms with Gasteiger partial charge in [-0.1, -0.05) is 78.9 Å². The molecule has 0 aliphatic carbocycles. The number of aromatic nitrogens is 4. The fraction of sp³-hybridized carbons (Fsp3) is 0. The summed E-state index contributed by atoms with van der Waals surface area (Å²) in [4.78, 5) is 29.1. The van der Waals surface area contributed by atoms with Crippen LogP contribution in [0.4, 0.5) is 0 Å². The van der Waals surface area contributed by atoms with Crippen molar-refractivity contribution < 1.29 is 0 Å². The Balaban J connectivity index is 1.32. The molecule has 0 saturated carbocycles. The van der Waals surface area contributed by atoms with E-state index in [0.29, 0.717) is 27.6 Å². The molecule has 226 valence electrons. The van der Waals surface area contributed by atoms with E-state index in [9.17, 15) is 9.59 Å². The van der Waals surface area contributed by atoms with Crippen molar-refractivity contribution in [3.63, 3.8) is 0 Å². The topological polar surface area (TPSA) is 53.3 Å². The largest absolute Gasteiger partial charge is 0.309 e. The first-order chi connectivity index (χ1) is 23.7. The van der Waals surface area contributed by atoms with Crippen LogP contribution in [0.2, 0.25) is 0 Å². The Hall–Kier alpha value is -6.66. The van der Waals surface area contributed by atoms with Crippen molar-refractivity contribution in [2.24, 2.45) is 0 Å². The average molecular weight is 619 g/mol. The van der Waals surface area contributed by atoms with Gasteiger partial charge in [0.1, 0.15) is 11.3 Å². The zero-order chi connectivity index (χ0) is 31.9. The van der Waals surface area contributed by atoms with E-state index in [1.165, 1.54) is 0 Å². The van der Waals surface area contributed by atoms with Gasteiger partial charge in [-0.05, 0) is 90.0 Å². The molecule has 10 rings (SSSR count). The molecule has 10 aromatic rings. The van der Waals surface area contributed by atoms with Crippen molar-refractivity contribution in [2.75, 3.05) is 0 Å². The van der Waals surface area contributed by atoms with Gasteiger partial charge in [0.25, 0.3) is 11.1 Å². The Labute approximate surface area is 273 Å². The van der Waals surface area contributed by atoms with E-state index in [1.54, 1.807) is 9.13 Å². The molecule has 0 atom stereocenters. The van der Waals surface area contributed by atoms with Gasteiger partial charge >= 0.3 is 0 Å². The molecule has 0 N–H and O–H groups in total. The molecule has 0 bridgehead atoms. The fourth-order valence-electron chi connectivity index (χ4n) is 7.47. The van der Waals surface area contributed by atoms with Gasteiger partial charge in [0.05, 0.1) is 38.7 Å². The summed E-state index contributed by atoms with van der Waals surface area (Å²) in [5, 5.41) is 3.22. The molecule has 0 saturated heterocycles. The lowest BCUT2D eigenvalue weighted by Crippen LogP contribution is -2.26. The highest BCUT2D eigenvalue weighted by Crippen LogP contribution is 2.36. The normalized spacial score (nSPS) is 11.9. The number of fused-ring (bicyclic) bond motifs is 3. The van der Waals surface area contributed by atoms with Crippen LogP contribution in [0.15, 0.2) is 167 Å². The zero-order valence-electron chi connectivity index (χ0n) is 25.6. The third-order valence-electron chi connectivity index (χ3n) is 9.55. The van der Waals surface area contributed by atoms with Crippen LogP contribution >= 0.6 is 0 Å². The second kappa shape index (κ2) is 9.92. The van der Waals surface area contributed by atoms with Gasteiger partial charge in [0, 0.05) is 16.5 Å². The van der Waals surface area contributed by atoms with Gasteiger partial charge in [0.15, 0.2) is 0 Å². The Morgan fingerprint density at radius 3 is 1.38 bits per heavy atom. The molecule has 0 aliphatic heterocycles. The molecule has 4 aromatic heterocycles. The minimum absolute atomic E-state index is 0.167. The number of hydrogen-bond donors (Lipinski definition) is 0. The smallest absolute Gasteiger partial charge is 0.266 e. The Morgan fingerprint density at radius 2 is 0.812 bits per heavy atom. The highest BCUT2D eigenvalue weighted by atomic mass is 16.1. The molecule has 0 spiro atoms. The first-order valence-corrected chi connectivity index (χ1v) is 16.0. The molecule has 0 unspecified atom stereocenters. The van der Waals surface area contributed by atoms with Crippen LogP contribution in [0.25, 0.3) is 77.6 Å². The van der Waals surface area contributed by atoms with Crippen molar-refractivity contribution in [3.05, 3.63) is 178 Å². The van der Waals surface area contributed by atoms with Crippen molar-refractivity contribution in [3.8, 4) is 28.2 Å². The molecule has 0 aliphatic rings. The summed E-state index contributed by atoms with van der Waals surface area (Å²) in [5.74, 6) is 0. The van der Waals surface area contributed by atoms with Gasteiger partial charge in [-0.2, -0.15) is 0 Å². The predicted molar refractivity (Wildman–Crippen MR) is 195 cm³/mol. The lowest BCUT2D eigenvalue weighted by atomic mass is 9.99. The quantitative estimate of drug-likeness (QED) is 0.198. The zero-order valence-corrected chi connectivity index (χ0v) is 25.6. The van der Waals surface area contributed by atoms with E-state index in [2.05, 4.69) is 71.3 Å². The second-order valence-corrected chi connectivity index (χ2v) is 12.2. The fourth-order valence-corrected chi connectivity index (χ4v) is 7.47. The highest BCUT2D eigenvalue weighted by Gasteiger charge is 2.23. The predicted octanol–water partition coefficient (Wildman–Crippen LogP) is 8.75. The number of benzene rings is 6. The molecule has 6 aromatic carbocycles. The maximum absolute atomic E-state index is 14.5. The summed E-state index contributed by atoms with van der Waals surface area (Å²) < 4.78 is 7.82. The molecule has 6 nitrogen and oxygen atoms in total. The standard InChI is InChI=1S/C42H26N4O2/c47-41-34-25-28(27-20-21-37-33(24-27)32-18-10-11-19-36(32)43(37)29-12-4-1-5-13-29)26-35-40(34)46-38(44(41)30-14-6-2-7-15-30)22-23-39(46)45(42(35)48)31-16-8-3-9-17-31/h1-26H. The summed E-state index contributed by atoms with van der Waals surface area (Å²) >= 11 is 0. The van der Waals surface area contributed by atoms with Crippen LogP contribution in [0.1, 0.15) is 0 Å². The van der Waals surface area contributed by atoms with Crippen LogP contribution in [0.5, 0.6) is 0 Å². The third kappa shape index (κ3) is 3.62. The third-order valence-corrected chi connectivity index (χ3v) is 9.55. The second-order valence-electron chi connectivity index (χ2n) is 12.2. The molecule has 0 radical (unpaired) electrons. The Bertz CT molecular complexity index is 2850. The summed E-state index contributed by atoms with van der Waals surface area (Å²) in [5.41, 5.74) is 8.26. The van der Waals surface area contributed by atoms with Crippen LogP contribution in [0, 0.1) is 0 Å². The average Bonchev–Trinajstić information content (AvgIpc) is 3.72. The van der Waals surface area contributed by atoms with Crippen LogP contribution in [0.3, 0.4) is 0 Å². The molecular weight excluding hydrogens is 592 g/mol. The maximum atomic E-state index is 14.5. The summed E-state index contributed by atoms with van der Waals surface area (Å²) in [7, 11) is 0. The van der Waals surface area contributed by atoms with Crippen molar-refractivity contribution in [2.45, 2.75) is 0 Å². The Kier molecular flexibility index (Phi) is 5.49. The van der Waals surface area contributed by atoms with Gasteiger partial charge < -0.3 is 4.57 Å². The lowest BCUT2D eigenvalue weighted by molar-refractivity contribution is 0.965.